The van der Waals surface area contributed by atoms with E-state index in [0.717, 1.165) is 17.0 Å². The summed E-state index contributed by atoms with van der Waals surface area (Å²) in [5, 5.41) is 14.7. The molecule has 0 aliphatic carbocycles. The van der Waals surface area contributed by atoms with Gasteiger partial charge in [0.05, 0.1) is 25.2 Å². The minimum atomic E-state index is -0.359. The highest BCUT2D eigenvalue weighted by atomic mass is 16.6. The first kappa shape index (κ1) is 20.3. The largest absolute Gasteiger partial charge is 0.497 e. The number of nitro benzene ring substituents is 1. The Balaban J connectivity index is 1.95. The molecule has 0 saturated carbocycles. The predicted octanol–water partition coefficient (Wildman–Crippen LogP) is 3.53. The molecule has 0 aliphatic heterocycles. The molecule has 152 valence electrons. The molecule has 29 heavy (non-hydrogen) atoms. The van der Waals surface area contributed by atoms with Crippen molar-refractivity contribution >= 4 is 5.69 Å². The molecule has 3 aromatic rings. The Kier molecular flexibility index (Phi) is 6.13. The molecule has 8 heteroatoms. The smallest absolute Gasteiger partial charge is 0.272 e. The van der Waals surface area contributed by atoms with E-state index < -0.39 is 0 Å². The molecule has 0 saturated heterocycles. The third-order valence-corrected chi connectivity index (χ3v) is 4.80. The number of nitro groups is 1. The monoisotopic (exact) mass is 396 g/mol. The zero-order valence-electron chi connectivity index (χ0n) is 16.9. The highest BCUT2D eigenvalue weighted by Crippen LogP contribution is 2.30. The van der Waals surface area contributed by atoms with Crippen molar-refractivity contribution in [2.45, 2.75) is 19.5 Å². The van der Waals surface area contributed by atoms with Gasteiger partial charge in [0.15, 0.2) is 0 Å². The fourth-order valence-electron chi connectivity index (χ4n) is 3.19. The molecule has 2 aromatic carbocycles. The Bertz CT molecular complexity index is 993. The van der Waals surface area contributed by atoms with Gasteiger partial charge in [-0.05, 0) is 30.2 Å². The van der Waals surface area contributed by atoms with E-state index in [9.17, 15) is 10.1 Å². The molecule has 0 spiro atoms. The van der Waals surface area contributed by atoms with Crippen molar-refractivity contribution in [3.05, 3.63) is 81.4 Å². The standard InChI is InChI=1S/C21H24N4O4/c1-14-5-6-15(9-19(14)25(26)27)13-23-20(21-22-7-8-24(21)2)16-10-17(28-3)12-18(11-16)29-4/h5-12,20,23H,13H2,1-4H3. The minimum Gasteiger partial charge on any atom is -0.497 e. The maximum atomic E-state index is 11.3. The van der Waals surface area contributed by atoms with Crippen molar-refractivity contribution in [2.75, 3.05) is 14.2 Å². The van der Waals surface area contributed by atoms with Crippen LogP contribution in [0.5, 0.6) is 11.5 Å². The van der Waals surface area contributed by atoms with Gasteiger partial charge in [0.1, 0.15) is 17.3 Å². The van der Waals surface area contributed by atoms with Crippen LogP contribution in [0.2, 0.25) is 0 Å². The molecule has 1 atom stereocenters. The van der Waals surface area contributed by atoms with Gasteiger partial charge >= 0.3 is 0 Å². The van der Waals surface area contributed by atoms with Crippen LogP contribution < -0.4 is 14.8 Å². The van der Waals surface area contributed by atoms with E-state index in [2.05, 4.69) is 10.3 Å². The van der Waals surface area contributed by atoms with Crippen LogP contribution in [0.1, 0.15) is 28.6 Å². The number of nitrogens with zero attached hydrogens (tertiary/aromatic N) is 3. The predicted molar refractivity (Wildman–Crippen MR) is 109 cm³/mol. The van der Waals surface area contributed by atoms with E-state index in [0.29, 0.717) is 23.6 Å². The van der Waals surface area contributed by atoms with Gasteiger partial charge in [0, 0.05) is 43.7 Å². The van der Waals surface area contributed by atoms with Crippen LogP contribution in [0.3, 0.4) is 0 Å². The minimum absolute atomic E-state index is 0.112. The molecule has 0 amide bonds. The summed E-state index contributed by atoms with van der Waals surface area (Å²) in [5.41, 5.74) is 2.48. The van der Waals surface area contributed by atoms with Crippen LogP contribution >= 0.6 is 0 Å². The van der Waals surface area contributed by atoms with Crippen LogP contribution in [0, 0.1) is 17.0 Å². The van der Waals surface area contributed by atoms with E-state index in [1.807, 2.05) is 42.1 Å². The highest BCUT2D eigenvalue weighted by molar-refractivity contribution is 5.43. The summed E-state index contributed by atoms with van der Waals surface area (Å²) in [4.78, 5) is 15.4. The number of aromatic nitrogens is 2. The van der Waals surface area contributed by atoms with Crippen molar-refractivity contribution < 1.29 is 14.4 Å². The number of benzene rings is 2. The average Bonchev–Trinajstić information content (AvgIpc) is 3.14. The Morgan fingerprint density at radius 1 is 1.17 bits per heavy atom. The summed E-state index contributed by atoms with van der Waals surface area (Å²) >= 11 is 0. The zero-order valence-corrected chi connectivity index (χ0v) is 16.9. The topological polar surface area (TPSA) is 91.4 Å². The van der Waals surface area contributed by atoms with Crippen molar-refractivity contribution in [3.63, 3.8) is 0 Å². The van der Waals surface area contributed by atoms with Gasteiger partial charge in [-0.1, -0.05) is 12.1 Å². The van der Waals surface area contributed by atoms with Crippen LogP contribution in [-0.2, 0) is 13.6 Å². The normalized spacial score (nSPS) is 11.9. The van der Waals surface area contributed by atoms with E-state index in [1.165, 1.54) is 0 Å². The summed E-state index contributed by atoms with van der Waals surface area (Å²) in [6.45, 7) is 2.16. The molecule has 8 nitrogen and oxygen atoms in total. The lowest BCUT2D eigenvalue weighted by atomic mass is 10.0. The number of ether oxygens (including phenoxy) is 2. The van der Waals surface area contributed by atoms with Gasteiger partial charge in [-0.25, -0.2) is 4.98 Å². The van der Waals surface area contributed by atoms with Crippen LogP contribution in [0.25, 0.3) is 0 Å². The Morgan fingerprint density at radius 2 is 1.86 bits per heavy atom. The molecule has 1 heterocycles. The average molecular weight is 396 g/mol. The van der Waals surface area contributed by atoms with Crippen LogP contribution in [0.15, 0.2) is 48.8 Å². The quantitative estimate of drug-likeness (QED) is 0.463. The molecule has 0 bridgehead atoms. The van der Waals surface area contributed by atoms with E-state index in [4.69, 9.17) is 9.47 Å². The van der Waals surface area contributed by atoms with Gasteiger partial charge in [-0.15, -0.1) is 0 Å². The lowest BCUT2D eigenvalue weighted by molar-refractivity contribution is -0.385. The van der Waals surface area contributed by atoms with Crippen LogP contribution in [-0.4, -0.2) is 28.7 Å². The SMILES string of the molecule is COc1cc(OC)cc(C(NCc2ccc(C)c([N+](=O)[O-])c2)c2nccn2C)c1. The Hall–Kier alpha value is -3.39. The first-order chi connectivity index (χ1) is 13.9. The van der Waals surface area contributed by atoms with E-state index in [-0.39, 0.29) is 16.7 Å². The lowest BCUT2D eigenvalue weighted by Gasteiger charge is -2.21. The van der Waals surface area contributed by atoms with Gasteiger partial charge in [-0.2, -0.15) is 0 Å². The van der Waals surface area contributed by atoms with Crippen molar-refractivity contribution in [1.82, 2.24) is 14.9 Å². The molecule has 3 rings (SSSR count). The number of hydrogen-bond acceptors (Lipinski definition) is 6. The zero-order chi connectivity index (χ0) is 21.0. The number of nitrogens with one attached hydrogen (secondary N) is 1. The highest BCUT2D eigenvalue weighted by Gasteiger charge is 2.20. The number of methoxy groups -OCH3 is 2. The molecule has 1 aromatic heterocycles. The number of hydrogen-bond donors (Lipinski definition) is 1. The van der Waals surface area contributed by atoms with Crippen molar-refractivity contribution in [1.29, 1.82) is 0 Å². The fraction of sp³-hybridized carbons (Fsp3) is 0.286. The molecule has 1 unspecified atom stereocenters. The molecule has 0 fully saturated rings. The van der Waals surface area contributed by atoms with Crippen molar-refractivity contribution in [3.8, 4) is 11.5 Å². The van der Waals surface area contributed by atoms with E-state index in [1.54, 1.807) is 39.5 Å². The first-order valence-electron chi connectivity index (χ1n) is 9.10. The fourth-order valence-corrected chi connectivity index (χ4v) is 3.19. The summed E-state index contributed by atoms with van der Waals surface area (Å²) in [6, 6.07) is 10.6. The Morgan fingerprint density at radius 3 is 2.41 bits per heavy atom. The molecule has 1 N–H and O–H groups in total. The maximum Gasteiger partial charge on any atom is 0.272 e. The summed E-state index contributed by atoms with van der Waals surface area (Å²) < 4.78 is 12.7. The van der Waals surface area contributed by atoms with Crippen LogP contribution in [0.4, 0.5) is 5.69 Å². The molecular weight excluding hydrogens is 372 g/mol. The summed E-state index contributed by atoms with van der Waals surface area (Å²) in [6.07, 6.45) is 3.61. The number of imidazole rings is 1. The van der Waals surface area contributed by atoms with Crippen molar-refractivity contribution in [2.24, 2.45) is 7.05 Å². The third-order valence-electron chi connectivity index (χ3n) is 4.80. The van der Waals surface area contributed by atoms with Gasteiger partial charge in [0.25, 0.3) is 5.69 Å². The summed E-state index contributed by atoms with van der Waals surface area (Å²) in [5.74, 6) is 2.15. The van der Waals surface area contributed by atoms with Gasteiger partial charge in [-0.3, -0.25) is 15.4 Å². The molecular formula is C21H24N4O4. The van der Waals surface area contributed by atoms with Gasteiger partial charge < -0.3 is 14.0 Å². The second-order valence-electron chi connectivity index (χ2n) is 6.73. The Labute approximate surface area is 169 Å². The number of rotatable bonds is 8. The molecule has 0 radical (unpaired) electrons. The second-order valence-corrected chi connectivity index (χ2v) is 6.73. The third kappa shape index (κ3) is 4.55. The maximum absolute atomic E-state index is 11.3. The molecule has 0 aliphatic rings. The number of aryl methyl sites for hydroxylation is 2. The van der Waals surface area contributed by atoms with E-state index >= 15 is 0 Å². The van der Waals surface area contributed by atoms with Gasteiger partial charge in [0.2, 0.25) is 0 Å². The lowest BCUT2D eigenvalue weighted by Crippen LogP contribution is -2.25. The second kappa shape index (κ2) is 8.74. The summed E-state index contributed by atoms with van der Waals surface area (Å²) in [7, 11) is 5.13. The first-order valence-corrected chi connectivity index (χ1v) is 9.10.